The van der Waals surface area contributed by atoms with E-state index in [4.69, 9.17) is 23.7 Å². The van der Waals surface area contributed by atoms with Gasteiger partial charge in [0.25, 0.3) is 0 Å². The number of hydrogen-bond acceptors (Lipinski definition) is 11. The molecule has 0 spiro atoms. The highest BCUT2D eigenvalue weighted by Gasteiger charge is 2.54. The quantitative estimate of drug-likeness (QED) is 0.346. The zero-order valence-electron chi connectivity index (χ0n) is 17.0. The standard InChI is InChI=1S/C20H22O11/c1-10(21)28-15-16(29-11(2)22)18(30-12(3)23)20(26)31-17(15)19(25)27-9-14(24)13-7-5-4-6-8-13/h4-8,15-18,20,26H,9H2,1-3H3/t15-,16-,17-,18+,20-/m0/s1. The number of ether oxygens (including phenoxy) is 5. The molecule has 0 radical (unpaired) electrons. The second-order valence-electron chi connectivity index (χ2n) is 6.57. The maximum atomic E-state index is 12.6. The van der Waals surface area contributed by atoms with E-state index in [0.29, 0.717) is 5.56 Å². The molecule has 1 aromatic carbocycles. The summed E-state index contributed by atoms with van der Waals surface area (Å²) in [5, 5.41) is 10.2. The Labute approximate surface area is 177 Å². The van der Waals surface area contributed by atoms with Gasteiger partial charge in [-0.1, -0.05) is 30.3 Å². The van der Waals surface area contributed by atoms with Crippen molar-refractivity contribution in [2.45, 2.75) is 51.5 Å². The number of aliphatic hydroxyl groups excluding tert-OH is 1. The van der Waals surface area contributed by atoms with Gasteiger partial charge in [0.2, 0.25) is 0 Å². The Morgan fingerprint density at radius 2 is 1.35 bits per heavy atom. The SMILES string of the molecule is CC(=O)O[C@@H]1[C@@H](OC(C)=O)[C@@H](O)O[C@H](C(=O)OCC(=O)c2ccccc2)[C@H]1OC(C)=O. The molecule has 1 saturated heterocycles. The third-order valence-electron chi connectivity index (χ3n) is 4.09. The van der Waals surface area contributed by atoms with Crippen molar-refractivity contribution in [2.75, 3.05) is 6.61 Å². The molecule has 0 saturated carbocycles. The van der Waals surface area contributed by atoms with Gasteiger partial charge in [-0.3, -0.25) is 19.2 Å². The van der Waals surface area contributed by atoms with Crippen molar-refractivity contribution in [1.29, 1.82) is 0 Å². The second kappa shape index (κ2) is 10.6. The molecule has 1 aromatic rings. The van der Waals surface area contributed by atoms with Gasteiger partial charge in [-0.25, -0.2) is 4.79 Å². The minimum atomic E-state index is -1.91. The number of aliphatic hydroxyl groups is 1. The van der Waals surface area contributed by atoms with Gasteiger partial charge in [0, 0.05) is 26.3 Å². The van der Waals surface area contributed by atoms with Gasteiger partial charge in [0.1, 0.15) is 0 Å². The molecule has 11 heteroatoms. The summed E-state index contributed by atoms with van der Waals surface area (Å²) in [5.74, 6) is -4.25. The third-order valence-corrected chi connectivity index (χ3v) is 4.09. The predicted molar refractivity (Wildman–Crippen MR) is 99.3 cm³/mol. The lowest BCUT2D eigenvalue weighted by atomic mass is 9.98. The zero-order chi connectivity index (χ0) is 23.1. The van der Waals surface area contributed by atoms with Crippen molar-refractivity contribution in [3.8, 4) is 0 Å². The van der Waals surface area contributed by atoms with E-state index in [1.165, 1.54) is 12.1 Å². The molecule has 1 aliphatic rings. The first-order valence-corrected chi connectivity index (χ1v) is 9.20. The Kier molecular flexibility index (Phi) is 8.22. The van der Waals surface area contributed by atoms with Crippen molar-refractivity contribution < 1.29 is 52.8 Å². The molecule has 1 fully saturated rings. The lowest BCUT2D eigenvalue weighted by Gasteiger charge is -2.41. The van der Waals surface area contributed by atoms with Gasteiger partial charge in [-0.2, -0.15) is 0 Å². The molecule has 0 amide bonds. The predicted octanol–water partition coefficient (Wildman–Crippen LogP) is -0.0752. The highest BCUT2D eigenvalue weighted by molar-refractivity contribution is 5.98. The van der Waals surface area contributed by atoms with Crippen molar-refractivity contribution in [3.05, 3.63) is 35.9 Å². The molecule has 1 N–H and O–H groups in total. The normalized spacial score (nSPS) is 25.1. The Morgan fingerprint density at radius 3 is 1.90 bits per heavy atom. The number of esters is 4. The molecule has 5 atom stereocenters. The average molecular weight is 438 g/mol. The fourth-order valence-electron chi connectivity index (χ4n) is 2.91. The second-order valence-corrected chi connectivity index (χ2v) is 6.57. The number of benzene rings is 1. The zero-order valence-corrected chi connectivity index (χ0v) is 17.0. The van der Waals surface area contributed by atoms with Crippen molar-refractivity contribution in [2.24, 2.45) is 0 Å². The van der Waals surface area contributed by atoms with Crippen LogP contribution in [0, 0.1) is 0 Å². The van der Waals surface area contributed by atoms with E-state index >= 15 is 0 Å². The Hall–Kier alpha value is -3.31. The molecule has 2 rings (SSSR count). The average Bonchev–Trinajstić information content (AvgIpc) is 2.70. The van der Waals surface area contributed by atoms with Crippen LogP contribution in [0.25, 0.3) is 0 Å². The minimum absolute atomic E-state index is 0.296. The topological polar surface area (TPSA) is 152 Å². The van der Waals surface area contributed by atoms with Crippen LogP contribution in [0.4, 0.5) is 0 Å². The number of carbonyl (C=O) groups excluding carboxylic acids is 5. The Morgan fingerprint density at radius 1 is 0.839 bits per heavy atom. The van der Waals surface area contributed by atoms with Crippen LogP contribution < -0.4 is 0 Å². The summed E-state index contributed by atoms with van der Waals surface area (Å²) in [6.07, 6.45) is -8.45. The maximum Gasteiger partial charge on any atom is 0.339 e. The van der Waals surface area contributed by atoms with E-state index in [1.807, 2.05) is 0 Å². The lowest BCUT2D eigenvalue weighted by Crippen LogP contribution is -2.63. The minimum Gasteiger partial charge on any atom is -0.455 e. The number of Topliss-reactive ketones (excluding diaryl/α,β-unsaturated/α-hetero) is 1. The fourth-order valence-corrected chi connectivity index (χ4v) is 2.91. The molecular formula is C20H22O11. The summed E-state index contributed by atoms with van der Waals surface area (Å²) in [5.41, 5.74) is 0.296. The van der Waals surface area contributed by atoms with E-state index in [2.05, 4.69) is 0 Å². The van der Waals surface area contributed by atoms with Gasteiger partial charge < -0.3 is 28.8 Å². The fraction of sp³-hybridized carbons (Fsp3) is 0.450. The summed E-state index contributed by atoms with van der Waals surface area (Å²) in [6, 6.07) is 8.02. The van der Waals surface area contributed by atoms with E-state index in [1.54, 1.807) is 18.2 Å². The molecule has 0 unspecified atom stereocenters. The Balaban J connectivity index is 2.23. The molecule has 1 aliphatic heterocycles. The van der Waals surface area contributed by atoms with Crippen LogP contribution in [-0.2, 0) is 42.9 Å². The van der Waals surface area contributed by atoms with Gasteiger partial charge in [0.15, 0.2) is 43.1 Å². The molecule has 168 valence electrons. The molecular weight excluding hydrogens is 416 g/mol. The summed E-state index contributed by atoms with van der Waals surface area (Å²) >= 11 is 0. The van der Waals surface area contributed by atoms with Gasteiger partial charge >= 0.3 is 23.9 Å². The van der Waals surface area contributed by atoms with Crippen LogP contribution in [-0.4, -0.2) is 72.1 Å². The number of hydrogen-bond donors (Lipinski definition) is 1. The number of rotatable bonds is 7. The van der Waals surface area contributed by atoms with E-state index in [9.17, 15) is 29.1 Å². The highest BCUT2D eigenvalue weighted by atomic mass is 16.7. The Bertz CT molecular complexity index is 835. The molecule has 31 heavy (non-hydrogen) atoms. The lowest BCUT2D eigenvalue weighted by molar-refractivity contribution is -0.290. The van der Waals surface area contributed by atoms with Gasteiger partial charge in [-0.05, 0) is 0 Å². The maximum absolute atomic E-state index is 12.6. The largest absolute Gasteiger partial charge is 0.455 e. The molecule has 0 aromatic heterocycles. The van der Waals surface area contributed by atoms with Crippen molar-refractivity contribution in [1.82, 2.24) is 0 Å². The van der Waals surface area contributed by atoms with Gasteiger partial charge in [-0.15, -0.1) is 0 Å². The summed E-state index contributed by atoms with van der Waals surface area (Å²) in [6.45, 7) is 2.44. The van der Waals surface area contributed by atoms with E-state index in [-0.39, 0.29) is 0 Å². The van der Waals surface area contributed by atoms with E-state index in [0.717, 1.165) is 20.8 Å². The van der Waals surface area contributed by atoms with Crippen LogP contribution in [0.2, 0.25) is 0 Å². The first-order valence-electron chi connectivity index (χ1n) is 9.20. The van der Waals surface area contributed by atoms with Crippen molar-refractivity contribution >= 4 is 29.7 Å². The first kappa shape index (κ1) is 24.0. The van der Waals surface area contributed by atoms with Crippen molar-refractivity contribution in [3.63, 3.8) is 0 Å². The molecule has 0 aliphatic carbocycles. The smallest absolute Gasteiger partial charge is 0.339 e. The van der Waals surface area contributed by atoms with Crippen LogP contribution in [0.1, 0.15) is 31.1 Å². The third kappa shape index (κ3) is 6.59. The van der Waals surface area contributed by atoms with Crippen LogP contribution in [0.5, 0.6) is 0 Å². The number of carbonyl (C=O) groups is 5. The highest BCUT2D eigenvalue weighted by Crippen LogP contribution is 2.28. The molecule has 11 nitrogen and oxygen atoms in total. The molecule has 1 heterocycles. The van der Waals surface area contributed by atoms with Crippen LogP contribution in [0.3, 0.4) is 0 Å². The summed E-state index contributed by atoms with van der Waals surface area (Å²) < 4.78 is 25.2. The summed E-state index contributed by atoms with van der Waals surface area (Å²) in [4.78, 5) is 59.2. The monoisotopic (exact) mass is 438 g/mol. The van der Waals surface area contributed by atoms with Crippen LogP contribution in [0.15, 0.2) is 30.3 Å². The van der Waals surface area contributed by atoms with Crippen LogP contribution >= 0.6 is 0 Å². The first-order chi connectivity index (χ1) is 14.6. The number of ketones is 1. The molecule has 0 bridgehead atoms. The van der Waals surface area contributed by atoms with Gasteiger partial charge in [0.05, 0.1) is 0 Å². The van der Waals surface area contributed by atoms with E-state index < -0.39 is 67.0 Å². The summed E-state index contributed by atoms with van der Waals surface area (Å²) in [7, 11) is 0.